The summed E-state index contributed by atoms with van der Waals surface area (Å²) in [5.74, 6) is 1.23. The first-order valence-corrected chi connectivity index (χ1v) is 8.92. The Labute approximate surface area is 142 Å². The molecule has 4 heteroatoms. The van der Waals surface area contributed by atoms with E-state index in [1.165, 1.54) is 6.42 Å². The first-order valence-electron chi connectivity index (χ1n) is 8.10. The van der Waals surface area contributed by atoms with Crippen LogP contribution in [0.15, 0.2) is 58.6 Å². The highest BCUT2D eigenvalue weighted by atomic mass is 32.2. The molecule has 0 bridgehead atoms. The van der Waals surface area contributed by atoms with Crippen molar-refractivity contribution in [1.82, 2.24) is 9.88 Å². The number of piperidine rings is 1. The number of amides is 1. The summed E-state index contributed by atoms with van der Waals surface area (Å²) in [7, 11) is 0. The van der Waals surface area contributed by atoms with Gasteiger partial charge in [-0.3, -0.25) is 4.79 Å². The van der Waals surface area contributed by atoms with Crippen LogP contribution in [0, 0.1) is 11.8 Å². The van der Waals surface area contributed by atoms with Crippen molar-refractivity contribution < 1.29 is 4.79 Å². The van der Waals surface area contributed by atoms with Gasteiger partial charge in [-0.2, -0.15) is 0 Å². The van der Waals surface area contributed by atoms with E-state index < -0.39 is 0 Å². The zero-order valence-electron chi connectivity index (χ0n) is 13.6. The van der Waals surface area contributed by atoms with E-state index in [1.807, 2.05) is 47.4 Å². The van der Waals surface area contributed by atoms with Gasteiger partial charge in [0.15, 0.2) is 0 Å². The maximum Gasteiger partial charge on any atom is 0.256 e. The Morgan fingerprint density at radius 1 is 1.09 bits per heavy atom. The Kier molecular flexibility index (Phi) is 5.01. The second-order valence-electron chi connectivity index (χ2n) is 6.43. The lowest BCUT2D eigenvalue weighted by Gasteiger charge is -2.35. The lowest BCUT2D eigenvalue weighted by atomic mass is 9.91. The Balaban J connectivity index is 1.83. The minimum Gasteiger partial charge on any atom is -0.338 e. The van der Waals surface area contributed by atoms with Gasteiger partial charge in [0, 0.05) is 24.2 Å². The number of benzene rings is 1. The van der Waals surface area contributed by atoms with Crippen LogP contribution in [0.2, 0.25) is 0 Å². The summed E-state index contributed by atoms with van der Waals surface area (Å²) in [5.41, 5.74) is 0.711. The maximum absolute atomic E-state index is 13.0. The number of nitrogens with zero attached hydrogens (tertiary/aromatic N) is 2. The molecule has 0 radical (unpaired) electrons. The summed E-state index contributed by atoms with van der Waals surface area (Å²) >= 11 is 1.55. The topological polar surface area (TPSA) is 33.2 Å². The van der Waals surface area contributed by atoms with Crippen molar-refractivity contribution in [3.63, 3.8) is 0 Å². The molecule has 1 aliphatic heterocycles. The van der Waals surface area contributed by atoms with E-state index in [9.17, 15) is 4.79 Å². The molecule has 1 amide bonds. The van der Waals surface area contributed by atoms with Crippen molar-refractivity contribution in [3.8, 4) is 0 Å². The van der Waals surface area contributed by atoms with Crippen LogP contribution in [0.4, 0.5) is 0 Å². The standard InChI is InChI=1S/C19H22N2OS/c1-14-11-15(2)13-21(12-14)19(22)17-9-6-10-20-18(17)23-16-7-4-3-5-8-16/h3-10,14-15H,11-13H2,1-2H3/t14-,15-/m0/s1. The van der Waals surface area contributed by atoms with Gasteiger partial charge in [0.2, 0.25) is 0 Å². The molecule has 0 spiro atoms. The molecule has 23 heavy (non-hydrogen) atoms. The summed E-state index contributed by atoms with van der Waals surface area (Å²) in [6.45, 7) is 6.12. The highest BCUT2D eigenvalue weighted by Gasteiger charge is 2.27. The molecule has 0 saturated carbocycles. The number of carbonyl (C=O) groups excluding carboxylic acids is 1. The molecule has 120 valence electrons. The molecule has 1 fully saturated rings. The van der Waals surface area contributed by atoms with Gasteiger partial charge >= 0.3 is 0 Å². The van der Waals surface area contributed by atoms with Gasteiger partial charge in [0.05, 0.1) is 5.56 Å². The predicted octanol–water partition coefficient (Wildman–Crippen LogP) is 4.35. The van der Waals surface area contributed by atoms with Gasteiger partial charge in [-0.05, 0) is 42.5 Å². The fourth-order valence-corrected chi connectivity index (χ4v) is 4.13. The quantitative estimate of drug-likeness (QED) is 0.840. The molecular formula is C19H22N2OS. The number of hydrogen-bond donors (Lipinski definition) is 0. The SMILES string of the molecule is C[C@H]1C[C@H](C)CN(C(=O)c2cccnc2Sc2ccccc2)C1. The zero-order chi connectivity index (χ0) is 16.2. The van der Waals surface area contributed by atoms with Crippen LogP contribution >= 0.6 is 11.8 Å². The summed E-state index contributed by atoms with van der Waals surface area (Å²) in [5, 5.41) is 0.787. The van der Waals surface area contributed by atoms with Crippen molar-refractivity contribution in [3.05, 3.63) is 54.2 Å². The number of aromatic nitrogens is 1. The second-order valence-corrected chi connectivity index (χ2v) is 7.49. The van der Waals surface area contributed by atoms with Gasteiger partial charge < -0.3 is 4.90 Å². The molecule has 0 aliphatic carbocycles. The molecule has 1 aromatic heterocycles. The van der Waals surface area contributed by atoms with Crippen molar-refractivity contribution in [2.45, 2.75) is 30.2 Å². The maximum atomic E-state index is 13.0. The minimum absolute atomic E-state index is 0.106. The zero-order valence-corrected chi connectivity index (χ0v) is 14.4. The average molecular weight is 326 g/mol. The van der Waals surface area contributed by atoms with E-state index in [0.29, 0.717) is 17.4 Å². The van der Waals surface area contributed by atoms with Crippen LogP contribution in [0.25, 0.3) is 0 Å². The Morgan fingerprint density at radius 2 is 1.78 bits per heavy atom. The molecule has 0 N–H and O–H groups in total. The number of rotatable bonds is 3. The van der Waals surface area contributed by atoms with Crippen molar-refractivity contribution in [2.24, 2.45) is 11.8 Å². The molecule has 2 aromatic rings. The third-order valence-corrected chi connectivity index (χ3v) is 5.14. The van der Waals surface area contributed by atoms with E-state index in [1.54, 1.807) is 18.0 Å². The first kappa shape index (κ1) is 16.1. The molecule has 1 aromatic carbocycles. The normalized spacial score (nSPS) is 21.2. The van der Waals surface area contributed by atoms with E-state index >= 15 is 0 Å². The van der Waals surface area contributed by atoms with Gasteiger partial charge in [-0.25, -0.2) is 4.98 Å². The van der Waals surface area contributed by atoms with E-state index in [4.69, 9.17) is 0 Å². The molecule has 2 atom stereocenters. The number of hydrogen-bond acceptors (Lipinski definition) is 3. The van der Waals surface area contributed by atoms with Crippen molar-refractivity contribution in [2.75, 3.05) is 13.1 Å². The molecule has 2 heterocycles. The smallest absolute Gasteiger partial charge is 0.256 e. The molecule has 1 aliphatic rings. The van der Waals surface area contributed by atoms with E-state index in [-0.39, 0.29) is 5.91 Å². The van der Waals surface area contributed by atoms with E-state index in [2.05, 4.69) is 18.8 Å². The first-order chi connectivity index (χ1) is 11.1. The predicted molar refractivity (Wildman–Crippen MR) is 93.7 cm³/mol. The molecular weight excluding hydrogens is 304 g/mol. The second kappa shape index (κ2) is 7.18. The Morgan fingerprint density at radius 3 is 2.48 bits per heavy atom. The van der Waals surface area contributed by atoms with Crippen molar-refractivity contribution >= 4 is 17.7 Å². The fraction of sp³-hybridized carbons (Fsp3) is 0.368. The lowest BCUT2D eigenvalue weighted by Crippen LogP contribution is -2.42. The largest absolute Gasteiger partial charge is 0.338 e. The van der Waals surface area contributed by atoms with Crippen LogP contribution < -0.4 is 0 Å². The Hall–Kier alpha value is -1.81. The minimum atomic E-state index is 0.106. The summed E-state index contributed by atoms with van der Waals surface area (Å²) in [6.07, 6.45) is 2.95. The summed E-state index contributed by atoms with van der Waals surface area (Å²) in [4.78, 5) is 20.5. The van der Waals surface area contributed by atoms with Crippen LogP contribution in [-0.4, -0.2) is 28.9 Å². The van der Waals surface area contributed by atoms with Crippen LogP contribution in [-0.2, 0) is 0 Å². The van der Waals surface area contributed by atoms with Gasteiger partial charge in [0.1, 0.15) is 5.03 Å². The van der Waals surface area contributed by atoms with Gasteiger partial charge in [-0.1, -0.05) is 43.8 Å². The highest BCUT2D eigenvalue weighted by Crippen LogP contribution is 2.30. The van der Waals surface area contributed by atoms with E-state index in [0.717, 1.165) is 23.0 Å². The van der Waals surface area contributed by atoms with Crippen LogP contribution in [0.3, 0.4) is 0 Å². The monoisotopic (exact) mass is 326 g/mol. The summed E-state index contributed by atoms with van der Waals surface area (Å²) < 4.78 is 0. The number of pyridine rings is 1. The third kappa shape index (κ3) is 3.94. The summed E-state index contributed by atoms with van der Waals surface area (Å²) in [6, 6.07) is 13.8. The highest BCUT2D eigenvalue weighted by molar-refractivity contribution is 7.99. The molecule has 0 unspecified atom stereocenters. The molecule has 3 rings (SSSR count). The van der Waals surface area contributed by atoms with Crippen LogP contribution in [0.1, 0.15) is 30.6 Å². The van der Waals surface area contributed by atoms with Crippen LogP contribution in [0.5, 0.6) is 0 Å². The fourth-order valence-electron chi connectivity index (χ4n) is 3.23. The average Bonchev–Trinajstić information content (AvgIpc) is 2.55. The number of likely N-dealkylation sites (tertiary alicyclic amines) is 1. The molecule has 3 nitrogen and oxygen atoms in total. The number of carbonyl (C=O) groups is 1. The van der Waals surface area contributed by atoms with Crippen molar-refractivity contribution in [1.29, 1.82) is 0 Å². The third-order valence-electron chi connectivity index (χ3n) is 4.12. The lowest BCUT2D eigenvalue weighted by molar-refractivity contribution is 0.0619. The molecule has 1 saturated heterocycles. The van der Waals surface area contributed by atoms with Gasteiger partial charge in [-0.15, -0.1) is 0 Å². The Bertz CT molecular complexity index is 664. The van der Waals surface area contributed by atoms with Gasteiger partial charge in [0.25, 0.3) is 5.91 Å².